The average molecular weight is 443 g/mol. The molecule has 0 spiro atoms. The molecule has 4 rings (SSSR count). The quantitative estimate of drug-likeness (QED) is 0.578. The molecular formula is C20H22N6O2S2. The van der Waals surface area contributed by atoms with E-state index in [1.54, 1.807) is 0 Å². The Morgan fingerprint density at radius 1 is 1.00 bits per heavy atom. The topological polar surface area (TPSA) is 110 Å². The Kier molecular flexibility index (Phi) is 6.44. The highest BCUT2D eigenvalue weighted by Gasteiger charge is 2.29. The summed E-state index contributed by atoms with van der Waals surface area (Å²) >= 11 is 2.89. The molecule has 0 radical (unpaired) electrons. The van der Waals surface area contributed by atoms with Crippen LogP contribution in [0.2, 0.25) is 0 Å². The number of benzene rings is 1. The number of rotatable bonds is 7. The Hall–Kier alpha value is -2.72. The van der Waals surface area contributed by atoms with E-state index in [9.17, 15) is 9.59 Å². The Morgan fingerprint density at radius 3 is 2.57 bits per heavy atom. The van der Waals surface area contributed by atoms with Crippen LogP contribution in [0.25, 0.3) is 0 Å². The summed E-state index contributed by atoms with van der Waals surface area (Å²) in [6.07, 6.45) is 4.33. The molecule has 0 bridgehead atoms. The normalized spacial score (nSPS) is 18.3. The van der Waals surface area contributed by atoms with Gasteiger partial charge in [-0.3, -0.25) is 9.59 Å². The van der Waals surface area contributed by atoms with Crippen LogP contribution in [0.5, 0.6) is 0 Å². The van der Waals surface area contributed by atoms with Gasteiger partial charge in [0.05, 0.1) is 6.42 Å². The van der Waals surface area contributed by atoms with E-state index in [0.717, 1.165) is 41.3 Å². The standard InChI is InChI=1S/C20H22N6O2S2/c1-12(27)21-19-26-24-18(30-19)15-8-7-14(9-15)11-17-23-25-20(29-17)22-16(28)10-13-5-3-2-4-6-13/h2-6,14-15H,7-11H2,1H3,(H,21,26,27)(H,22,25,28). The van der Waals surface area contributed by atoms with Gasteiger partial charge in [0.1, 0.15) is 10.0 Å². The summed E-state index contributed by atoms with van der Waals surface area (Å²) in [4.78, 5) is 23.3. The molecule has 1 fully saturated rings. The lowest BCUT2D eigenvalue weighted by Gasteiger charge is -2.06. The highest BCUT2D eigenvalue weighted by Crippen LogP contribution is 2.41. The summed E-state index contributed by atoms with van der Waals surface area (Å²) in [5.41, 5.74) is 0.968. The molecule has 1 aromatic carbocycles. The number of carbonyl (C=O) groups is 2. The molecule has 8 nitrogen and oxygen atoms in total. The van der Waals surface area contributed by atoms with Crippen molar-refractivity contribution in [2.45, 2.75) is 44.9 Å². The third-order valence-electron chi connectivity index (χ3n) is 5.00. The van der Waals surface area contributed by atoms with Crippen LogP contribution in [0, 0.1) is 5.92 Å². The minimum atomic E-state index is -0.134. The van der Waals surface area contributed by atoms with E-state index in [-0.39, 0.29) is 11.8 Å². The summed E-state index contributed by atoms with van der Waals surface area (Å²) in [6, 6.07) is 9.63. The SMILES string of the molecule is CC(=O)Nc1nnc(C2CCC(Cc3nnc(NC(=O)Cc4ccccc4)s3)C2)s1. The highest BCUT2D eigenvalue weighted by atomic mass is 32.1. The molecule has 2 heterocycles. The fourth-order valence-corrected chi connectivity index (χ4v) is 5.47. The van der Waals surface area contributed by atoms with Gasteiger partial charge in [-0.2, -0.15) is 0 Å². The maximum absolute atomic E-state index is 12.2. The molecule has 3 aromatic rings. The van der Waals surface area contributed by atoms with E-state index in [1.807, 2.05) is 30.3 Å². The second-order valence-corrected chi connectivity index (χ2v) is 9.49. The first-order chi connectivity index (χ1) is 14.5. The lowest BCUT2D eigenvalue weighted by molar-refractivity contribution is -0.116. The molecule has 1 aliphatic carbocycles. The van der Waals surface area contributed by atoms with Crippen molar-refractivity contribution in [1.82, 2.24) is 20.4 Å². The smallest absolute Gasteiger partial charge is 0.230 e. The third-order valence-corrected chi connectivity index (χ3v) is 6.86. The number of nitrogens with one attached hydrogen (secondary N) is 2. The first-order valence-corrected chi connectivity index (χ1v) is 11.5. The monoisotopic (exact) mass is 442 g/mol. The molecule has 10 heteroatoms. The van der Waals surface area contributed by atoms with E-state index in [2.05, 4.69) is 31.0 Å². The van der Waals surface area contributed by atoms with E-state index in [1.165, 1.54) is 29.6 Å². The molecule has 2 aromatic heterocycles. The van der Waals surface area contributed by atoms with Gasteiger partial charge in [-0.15, -0.1) is 20.4 Å². The molecule has 156 valence electrons. The minimum Gasteiger partial charge on any atom is -0.301 e. The Balaban J connectivity index is 1.27. The van der Waals surface area contributed by atoms with Gasteiger partial charge in [-0.25, -0.2) is 0 Å². The van der Waals surface area contributed by atoms with Gasteiger partial charge >= 0.3 is 0 Å². The maximum Gasteiger partial charge on any atom is 0.230 e. The Bertz CT molecular complexity index is 1020. The van der Waals surface area contributed by atoms with Gasteiger partial charge in [-0.1, -0.05) is 53.0 Å². The number of aromatic nitrogens is 4. The van der Waals surface area contributed by atoms with Crippen molar-refractivity contribution in [1.29, 1.82) is 0 Å². The molecule has 30 heavy (non-hydrogen) atoms. The van der Waals surface area contributed by atoms with Crippen molar-refractivity contribution < 1.29 is 9.59 Å². The van der Waals surface area contributed by atoms with Crippen molar-refractivity contribution in [2.75, 3.05) is 10.6 Å². The van der Waals surface area contributed by atoms with Crippen LogP contribution in [0.1, 0.15) is 47.7 Å². The fraction of sp³-hybridized carbons (Fsp3) is 0.400. The number of carbonyl (C=O) groups excluding carboxylic acids is 2. The van der Waals surface area contributed by atoms with Crippen molar-refractivity contribution in [3.63, 3.8) is 0 Å². The average Bonchev–Trinajstić information content (AvgIpc) is 3.44. The van der Waals surface area contributed by atoms with Crippen LogP contribution >= 0.6 is 22.7 Å². The molecular weight excluding hydrogens is 420 g/mol. The number of anilines is 2. The Morgan fingerprint density at radius 2 is 1.77 bits per heavy atom. The van der Waals surface area contributed by atoms with Crippen molar-refractivity contribution in [2.24, 2.45) is 5.92 Å². The van der Waals surface area contributed by atoms with E-state index in [0.29, 0.717) is 28.5 Å². The largest absolute Gasteiger partial charge is 0.301 e. The van der Waals surface area contributed by atoms with Gasteiger partial charge in [0.25, 0.3) is 0 Å². The number of amides is 2. The van der Waals surface area contributed by atoms with Gasteiger partial charge in [0.2, 0.25) is 22.1 Å². The zero-order valence-electron chi connectivity index (χ0n) is 16.5. The maximum atomic E-state index is 12.2. The summed E-state index contributed by atoms with van der Waals surface area (Å²) in [5.74, 6) is 0.651. The lowest BCUT2D eigenvalue weighted by Crippen LogP contribution is -2.14. The molecule has 1 saturated carbocycles. The third kappa shape index (κ3) is 5.45. The zero-order chi connectivity index (χ0) is 20.9. The molecule has 2 amide bonds. The Labute approximate surface area is 182 Å². The van der Waals surface area contributed by atoms with E-state index in [4.69, 9.17) is 0 Å². The van der Waals surface area contributed by atoms with Gasteiger partial charge in [-0.05, 0) is 30.7 Å². The number of hydrogen-bond donors (Lipinski definition) is 2. The minimum absolute atomic E-state index is 0.0870. The first-order valence-electron chi connectivity index (χ1n) is 9.82. The van der Waals surface area contributed by atoms with Gasteiger partial charge in [0, 0.05) is 19.3 Å². The summed E-state index contributed by atoms with van der Waals surface area (Å²) in [6.45, 7) is 1.47. The predicted octanol–water partition coefficient (Wildman–Crippen LogP) is 3.66. The summed E-state index contributed by atoms with van der Waals surface area (Å²) in [5, 5.41) is 25.2. The van der Waals surface area contributed by atoms with Crippen molar-refractivity contribution in [3.8, 4) is 0 Å². The van der Waals surface area contributed by atoms with Crippen molar-refractivity contribution in [3.05, 3.63) is 45.9 Å². The van der Waals surface area contributed by atoms with Crippen LogP contribution in [-0.4, -0.2) is 32.2 Å². The van der Waals surface area contributed by atoms with E-state index >= 15 is 0 Å². The second kappa shape index (κ2) is 9.40. The van der Waals surface area contributed by atoms with Crippen LogP contribution in [0.15, 0.2) is 30.3 Å². The molecule has 0 saturated heterocycles. The van der Waals surface area contributed by atoms with Crippen molar-refractivity contribution >= 4 is 44.8 Å². The summed E-state index contributed by atoms with van der Waals surface area (Å²) in [7, 11) is 0. The number of hydrogen-bond acceptors (Lipinski definition) is 8. The molecule has 2 atom stereocenters. The van der Waals surface area contributed by atoms with Gasteiger partial charge in [0.15, 0.2) is 0 Å². The molecule has 1 aliphatic rings. The lowest BCUT2D eigenvalue weighted by atomic mass is 10.0. The van der Waals surface area contributed by atoms with Crippen LogP contribution in [0.4, 0.5) is 10.3 Å². The van der Waals surface area contributed by atoms with Gasteiger partial charge < -0.3 is 10.6 Å². The summed E-state index contributed by atoms with van der Waals surface area (Å²) < 4.78 is 0. The van der Waals surface area contributed by atoms with E-state index < -0.39 is 0 Å². The zero-order valence-corrected chi connectivity index (χ0v) is 18.1. The molecule has 2 unspecified atom stereocenters. The van der Waals surface area contributed by atoms with Crippen LogP contribution in [-0.2, 0) is 22.4 Å². The number of nitrogens with zero attached hydrogens (tertiary/aromatic N) is 4. The van der Waals surface area contributed by atoms with Crippen LogP contribution in [0.3, 0.4) is 0 Å². The molecule has 0 aliphatic heterocycles. The predicted molar refractivity (Wildman–Crippen MR) is 117 cm³/mol. The fourth-order valence-electron chi connectivity index (χ4n) is 3.66. The first kappa shape index (κ1) is 20.5. The second-order valence-electron chi connectivity index (χ2n) is 7.42. The molecule has 2 N–H and O–H groups in total. The van der Waals surface area contributed by atoms with Crippen LogP contribution < -0.4 is 10.6 Å². The highest BCUT2D eigenvalue weighted by molar-refractivity contribution is 7.15.